The van der Waals surface area contributed by atoms with E-state index in [1.807, 2.05) is 6.92 Å². The van der Waals surface area contributed by atoms with E-state index in [-0.39, 0.29) is 11.6 Å². The fourth-order valence-electron chi connectivity index (χ4n) is 2.79. The number of H-pyrrole nitrogens is 1. The van der Waals surface area contributed by atoms with E-state index in [0.29, 0.717) is 25.9 Å². The third-order valence-corrected chi connectivity index (χ3v) is 5.78. The minimum Gasteiger partial charge on any atom is -0.358 e. The Hall–Kier alpha value is -1.40. The number of aromatic amines is 1. The molecule has 0 saturated carbocycles. The number of aromatic nitrogens is 1. The predicted molar refractivity (Wildman–Crippen MR) is 76.4 cm³/mol. The second-order valence-corrected chi connectivity index (χ2v) is 7.26. The van der Waals surface area contributed by atoms with Crippen LogP contribution in [-0.4, -0.2) is 30.0 Å². The highest BCUT2D eigenvalue weighted by molar-refractivity contribution is 7.89. The van der Waals surface area contributed by atoms with Gasteiger partial charge in [-0.3, -0.25) is 0 Å². The molecule has 6 heteroatoms. The molecule has 2 heterocycles. The van der Waals surface area contributed by atoms with Gasteiger partial charge in [-0.15, -0.1) is 0 Å². The second-order valence-electron chi connectivity index (χ2n) is 5.17. The smallest absolute Gasteiger partial charge is 0.214 e. The van der Waals surface area contributed by atoms with Gasteiger partial charge >= 0.3 is 0 Å². The first kappa shape index (κ1) is 13.6. The van der Waals surface area contributed by atoms with E-state index >= 15 is 0 Å². The Morgan fingerprint density at radius 2 is 2.20 bits per heavy atom. The largest absolute Gasteiger partial charge is 0.358 e. The fourth-order valence-corrected chi connectivity index (χ4v) is 4.26. The predicted octanol–water partition coefficient (Wildman–Crippen LogP) is 2.40. The van der Waals surface area contributed by atoms with Crippen LogP contribution in [0.4, 0.5) is 4.39 Å². The maximum atomic E-state index is 13.4. The summed E-state index contributed by atoms with van der Waals surface area (Å²) in [6.45, 7) is 2.68. The molecule has 0 amide bonds. The molecule has 1 aromatic carbocycles. The molecule has 0 unspecified atom stereocenters. The first-order valence-electron chi connectivity index (χ1n) is 6.78. The molecule has 0 bridgehead atoms. The van der Waals surface area contributed by atoms with Crippen LogP contribution in [0.25, 0.3) is 10.9 Å². The molecule has 0 spiro atoms. The zero-order valence-corrected chi connectivity index (χ0v) is 12.1. The third kappa shape index (κ3) is 2.23. The number of halogens is 1. The fraction of sp³-hybridized carbons (Fsp3) is 0.429. The number of hydrogen-bond acceptors (Lipinski definition) is 2. The molecule has 0 radical (unpaired) electrons. The van der Waals surface area contributed by atoms with Crippen LogP contribution >= 0.6 is 0 Å². The first-order chi connectivity index (χ1) is 9.51. The van der Waals surface area contributed by atoms with Crippen molar-refractivity contribution in [1.82, 2.24) is 9.29 Å². The van der Waals surface area contributed by atoms with Gasteiger partial charge in [-0.1, -0.05) is 6.92 Å². The van der Waals surface area contributed by atoms with Crippen LogP contribution in [0, 0.1) is 5.82 Å². The monoisotopic (exact) mass is 296 g/mol. The summed E-state index contributed by atoms with van der Waals surface area (Å²) in [6.07, 6.45) is 1.25. The molecule has 20 heavy (non-hydrogen) atoms. The second kappa shape index (κ2) is 4.86. The molecule has 0 fully saturated rings. The molecular formula is C14H17FN2O2S. The summed E-state index contributed by atoms with van der Waals surface area (Å²) < 4.78 is 39.2. The highest BCUT2D eigenvalue weighted by atomic mass is 32.2. The minimum atomic E-state index is -3.21. The number of sulfonamides is 1. The Kier molecular flexibility index (Phi) is 3.30. The van der Waals surface area contributed by atoms with Gasteiger partial charge in [-0.05, 0) is 30.2 Å². The molecule has 0 atom stereocenters. The molecular weight excluding hydrogens is 279 g/mol. The van der Waals surface area contributed by atoms with Gasteiger partial charge in [0.2, 0.25) is 10.0 Å². The number of fused-ring (bicyclic) bond motifs is 3. The van der Waals surface area contributed by atoms with Crippen LogP contribution in [0.1, 0.15) is 24.6 Å². The summed E-state index contributed by atoms with van der Waals surface area (Å²) in [5, 5.41) is 0.788. The topological polar surface area (TPSA) is 53.2 Å². The van der Waals surface area contributed by atoms with Crippen LogP contribution in [-0.2, 0) is 23.0 Å². The van der Waals surface area contributed by atoms with Gasteiger partial charge in [0.25, 0.3) is 0 Å². The van der Waals surface area contributed by atoms with E-state index in [2.05, 4.69) is 4.98 Å². The van der Waals surface area contributed by atoms with E-state index in [1.165, 1.54) is 16.4 Å². The molecule has 1 aliphatic rings. The number of hydrogen-bond donors (Lipinski definition) is 1. The summed E-state index contributed by atoms with van der Waals surface area (Å²) >= 11 is 0. The van der Waals surface area contributed by atoms with Crippen molar-refractivity contribution in [3.63, 3.8) is 0 Å². The lowest BCUT2D eigenvalue weighted by molar-refractivity contribution is 0.391. The summed E-state index contributed by atoms with van der Waals surface area (Å²) in [5.74, 6) is -0.133. The van der Waals surface area contributed by atoms with Gasteiger partial charge in [0.05, 0.1) is 5.75 Å². The Balaban J connectivity index is 2.02. The van der Waals surface area contributed by atoms with Crippen molar-refractivity contribution in [2.45, 2.75) is 26.3 Å². The quantitative estimate of drug-likeness (QED) is 0.945. The Morgan fingerprint density at radius 1 is 1.40 bits per heavy atom. The highest BCUT2D eigenvalue weighted by Crippen LogP contribution is 2.29. The van der Waals surface area contributed by atoms with Crippen molar-refractivity contribution in [3.05, 3.63) is 35.3 Å². The van der Waals surface area contributed by atoms with Crippen molar-refractivity contribution in [2.24, 2.45) is 0 Å². The Labute approximate surface area is 117 Å². The number of nitrogens with zero attached hydrogens (tertiary/aromatic N) is 1. The molecule has 2 aromatic rings. The van der Waals surface area contributed by atoms with Crippen molar-refractivity contribution in [1.29, 1.82) is 0 Å². The Bertz CT molecular complexity index is 752. The average Bonchev–Trinajstić information content (AvgIpc) is 2.76. The summed E-state index contributed by atoms with van der Waals surface area (Å²) in [4.78, 5) is 3.26. The van der Waals surface area contributed by atoms with Gasteiger partial charge in [0.15, 0.2) is 0 Å². The van der Waals surface area contributed by atoms with Gasteiger partial charge in [-0.25, -0.2) is 12.8 Å². The lowest BCUT2D eigenvalue weighted by atomic mass is 10.1. The van der Waals surface area contributed by atoms with E-state index in [1.54, 1.807) is 6.07 Å². The van der Waals surface area contributed by atoms with Gasteiger partial charge in [0.1, 0.15) is 5.82 Å². The van der Waals surface area contributed by atoms with Gasteiger partial charge < -0.3 is 4.98 Å². The molecule has 1 aliphatic heterocycles. The van der Waals surface area contributed by atoms with Gasteiger partial charge in [0, 0.05) is 36.1 Å². The number of benzene rings is 1. The van der Waals surface area contributed by atoms with Crippen LogP contribution in [0.3, 0.4) is 0 Å². The van der Waals surface area contributed by atoms with E-state index in [0.717, 1.165) is 22.2 Å². The van der Waals surface area contributed by atoms with Crippen molar-refractivity contribution >= 4 is 20.9 Å². The Morgan fingerprint density at radius 3 is 2.95 bits per heavy atom. The number of nitrogens with one attached hydrogen (secondary N) is 1. The lowest BCUT2D eigenvalue weighted by Gasteiger charge is -2.26. The zero-order valence-electron chi connectivity index (χ0n) is 11.3. The molecule has 1 aromatic heterocycles. The highest BCUT2D eigenvalue weighted by Gasteiger charge is 2.28. The van der Waals surface area contributed by atoms with Crippen LogP contribution in [0.2, 0.25) is 0 Å². The molecule has 108 valence electrons. The zero-order chi connectivity index (χ0) is 14.3. The SMILES string of the molecule is CCCS(=O)(=O)N1CCc2[nH]c3ccc(F)cc3c2C1. The third-order valence-electron chi connectivity index (χ3n) is 3.76. The summed E-state index contributed by atoms with van der Waals surface area (Å²) in [6, 6.07) is 4.59. The molecule has 0 aliphatic carbocycles. The van der Waals surface area contributed by atoms with Crippen LogP contribution in [0.15, 0.2) is 18.2 Å². The van der Waals surface area contributed by atoms with E-state index < -0.39 is 10.0 Å². The van der Waals surface area contributed by atoms with Crippen LogP contribution in [0.5, 0.6) is 0 Å². The summed E-state index contributed by atoms with van der Waals surface area (Å²) in [5.41, 5.74) is 2.80. The van der Waals surface area contributed by atoms with Crippen molar-refractivity contribution in [2.75, 3.05) is 12.3 Å². The molecule has 1 N–H and O–H groups in total. The maximum Gasteiger partial charge on any atom is 0.214 e. The van der Waals surface area contributed by atoms with Gasteiger partial charge in [-0.2, -0.15) is 4.31 Å². The average molecular weight is 296 g/mol. The lowest BCUT2D eigenvalue weighted by Crippen LogP contribution is -2.37. The molecule has 3 rings (SSSR count). The minimum absolute atomic E-state index is 0.166. The normalized spacial score (nSPS) is 16.5. The van der Waals surface area contributed by atoms with Crippen molar-refractivity contribution < 1.29 is 12.8 Å². The van der Waals surface area contributed by atoms with Crippen LogP contribution < -0.4 is 0 Å². The van der Waals surface area contributed by atoms with E-state index in [9.17, 15) is 12.8 Å². The first-order valence-corrected chi connectivity index (χ1v) is 8.39. The number of rotatable bonds is 3. The summed E-state index contributed by atoms with van der Waals surface area (Å²) in [7, 11) is -3.21. The maximum absolute atomic E-state index is 13.4. The van der Waals surface area contributed by atoms with Crippen molar-refractivity contribution in [3.8, 4) is 0 Å². The molecule has 0 saturated heterocycles. The standard InChI is InChI=1S/C14H17FN2O2S/c1-2-7-20(18,19)17-6-5-14-12(9-17)11-8-10(15)3-4-13(11)16-14/h3-4,8,16H,2,5-7,9H2,1H3. The van der Waals surface area contributed by atoms with E-state index in [4.69, 9.17) is 0 Å². The molecule has 4 nitrogen and oxygen atoms in total.